The first-order valence-corrected chi connectivity index (χ1v) is 9.28. The Morgan fingerprint density at radius 3 is 2.14 bits per heavy atom. The number of benzene rings is 2. The number of hydrogen-bond donors (Lipinski definition) is 1. The maximum absolute atomic E-state index is 12.4. The number of hydrogen-bond acceptors (Lipinski definition) is 4. The van der Waals surface area contributed by atoms with Crippen molar-refractivity contribution in [2.24, 2.45) is 0 Å². The molecule has 0 unspecified atom stereocenters. The van der Waals surface area contributed by atoms with E-state index >= 15 is 0 Å². The lowest BCUT2D eigenvalue weighted by Crippen LogP contribution is -2.45. The predicted molar refractivity (Wildman–Crippen MR) is 106 cm³/mol. The highest BCUT2D eigenvalue weighted by atomic mass is 16.6. The van der Waals surface area contributed by atoms with Gasteiger partial charge in [0.05, 0.1) is 6.04 Å². The molecule has 1 N–H and O–H groups in total. The molecule has 3 rings (SSSR count). The molecule has 0 radical (unpaired) electrons. The summed E-state index contributed by atoms with van der Waals surface area (Å²) < 4.78 is 10.7. The minimum atomic E-state index is -0.498. The van der Waals surface area contributed by atoms with Crippen LogP contribution in [-0.2, 0) is 22.7 Å². The van der Waals surface area contributed by atoms with Gasteiger partial charge in [0.25, 0.3) is 0 Å². The molecule has 0 aromatic heterocycles. The fraction of sp³-hybridized carbons (Fsp3) is 0.273. The van der Waals surface area contributed by atoms with Crippen LogP contribution in [0.2, 0.25) is 0 Å². The summed E-state index contributed by atoms with van der Waals surface area (Å²) in [6, 6.07) is 18.8. The Balaban J connectivity index is 1.46. The summed E-state index contributed by atoms with van der Waals surface area (Å²) in [6.45, 7) is 1.24. The van der Waals surface area contributed by atoms with E-state index in [0.717, 1.165) is 11.1 Å². The second kappa shape index (κ2) is 10.2. The molecule has 0 fully saturated rings. The molecular formula is C22H24N2O4. The Bertz CT molecular complexity index is 793. The topological polar surface area (TPSA) is 67.9 Å². The third-order valence-electron chi connectivity index (χ3n) is 4.35. The SMILES string of the molecule is O=C(N[C@H]1CC=CCN(C(=O)OCc2ccccc2)C1)OCc1ccccc1. The van der Waals surface area contributed by atoms with Gasteiger partial charge in [0.1, 0.15) is 13.2 Å². The summed E-state index contributed by atoms with van der Waals surface area (Å²) in [5.74, 6) is 0. The van der Waals surface area contributed by atoms with Gasteiger partial charge in [-0.05, 0) is 17.5 Å². The number of nitrogens with one attached hydrogen (secondary N) is 1. The molecule has 1 aliphatic rings. The lowest BCUT2D eigenvalue weighted by atomic mass is 10.2. The minimum absolute atomic E-state index is 0.206. The van der Waals surface area contributed by atoms with Gasteiger partial charge in [-0.2, -0.15) is 0 Å². The predicted octanol–water partition coefficient (Wildman–Crippen LogP) is 3.88. The van der Waals surface area contributed by atoms with Gasteiger partial charge < -0.3 is 19.7 Å². The van der Waals surface area contributed by atoms with Gasteiger partial charge in [-0.1, -0.05) is 72.8 Å². The molecule has 1 heterocycles. The number of carbonyl (C=O) groups is 2. The Morgan fingerprint density at radius 2 is 1.50 bits per heavy atom. The van der Waals surface area contributed by atoms with Gasteiger partial charge in [0.2, 0.25) is 0 Å². The van der Waals surface area contributed by atoms with Crippen LogP contribution in [0.25, 0.3) is 0 Å². The average Bonchev–Trinajstić information content (AvgIpc) is 2.97. The van der Waals surface area contributed by atoms with E-state index in [9.17, 15) is 9.59 Å². The monoisotopic (exact) mass is 380 g/mol. The number of alkyl carbamates (subject to hydrolysis) is 1. The molecule has 2 aromatic rings. The summed E-state index contributed by atoms with van der Waals surface area (Å²) in [6.07, 6.45) is 3.58. The number of ether oxygens (including phenoxy) is 2. The van der Waals surface area contributed by atoms with Crippen molar-refractivity contribution < 1.29 is 19.1 Å². The summed E-state index contributed by atoms with van der Waals surface area (Å²) >= 11 is 0. The van der Waals surface area contributed by atoms with Crippen LogP contribution in [0.5, 0.6) is 0 Å². The van der Waals surface area contributed by atoms with Crippen molar-refractivity contribution in [1.82, 2.24) is 10.2 Å². The normalized spacial score (nSPS) is 16.1. The second-order valence-corrected chi connectivity index (χ2v) is 6.56. The van der Waals surface area contributed by atoms with Crippen molar-refractivity contribution in [3.63, 3.8) is 0 Å². The third-order valence-corrected chi connectivity index (χ3v) is 4.35. The fourth-order valence-corrected chi connectivity index (χ4v) is 2.87. The van der Waals surface area contributed by atoms with Crippen LogP contribution in [0.1, 0.15) is 17.5 Å². The van der Waals surface area contributed by atoms with Crippen LogP contribution in [0.15, 0.2) is 72.8 Å². The first-order valence-electron chi connectivity index (χ1n) is 9.28. The van der Waals surface area contributed by atoms with Crippen LogP contribution in [-0.4, -0.2) is 36.2 Å². The number of amides is 2. The fourth-order valence-electron chi connectivity index (χ4n) is 2.87. The molecule has 146 valence electrons. The van der Waals surface area contributed by atoms with E-state index in [-0.39, 0.29) is 19.3 Å². The van der Waals surface area contributed by atoms with E-state index in [0.29, 0.717) is 19.5 Å². The smallest absolute Gasteiger partial charge is 0.410 e. The van der Waals surface area contributed by atoms with Gasteiger partial charge in [-0.15, -0.1) is 0 Å². The van der Waals surface area contributed by atoms with Gasteiger partial charge in [-0.25, -0.2) is 9.59 Å². The molecule has 28 heavy (non-hydrogen) atoms. The maximum Gasteiger partial charge on any atom is 0.410 e. The third kappa shape index (κ3) is 6.16. The van der Waals surface area contributed by atoms with Crippen LogP contribution >= 0.6 is 0 Å². The van der Waals surface area contributed by atoms with E-state index in [1.54, 1.807) is 4.90 Å². The van der Waals surface area contributed by atoms with Crippen LogP contribution in [0.4, 0.5) is 9.59 Å². The molecule has 6 heteroatoms. The highest BCUT2D eigenvalue weighted by Gasteiger charge is 2.22. The van der Waals surface area contributed by atoms with Crippen LogP contribution in [0, 0.1) is 0 Å². The van der Waals surface area contributed by atoms with Gasteiger partial charge in [0.15, 0.2) is 0 Å². The molecule has 2 amide bonds. The quantitative estimate of drug-likeness (QED) is 0.800. The lowest BCUT2D eigenvalue weighted by Gasteiger charge is -2.24. The summed E-state index contributed by atoms with van der Waals surface area (Å²) in [4.78, 5) is 26.1. The van der Waals surface area contributed by atoms with Crippen LogP contribution < -0.4 is 5.32 Å². The maximum atomic E-state index is 12.4. The lowest BCUT2D eigenvalue weighted by molar-refractivity contribution is 0.0950. The zero-order chi connectivity index (χ0) is 19.6. The molecular weight excluding hydrogens is 356 g/mol. The second-order valence-electron chi connectivity index (χ2n) is 6.56. The van der Waals surface area contributed by atoms with Crippen molar-refractivity contribution in [3.8, 4) is 0 Å². The van der Waals surface area contributed by atoms with Crippen molar-refractivity contribution >= 4 is 12.2 Å². The first kappa shape index (κ1) is 19.5. The molecule has 6 nitrogen and oxygen atoms in total. The molecule has 0 saturated carbocycles. The summed E-state index contributed by atoms with van der Waals surface area (Å²) in [5.41, 5.74) is 1.85. The molecule has 0 spiro atoms. The Morgan fingerprint density at radius 1 is 0.893 bits per heavy atom. The Hall–Kier alpha value is -3.28. The van der Waals surface area contributed by atoms with E-state index in [4.69, 9.17) is 9.47 Å². The molecule has 1 atom stereocenters. The standard InChI is InChI=1S/C22H24N2O4/c25-21(27-16-18-9-3-1-4-10-18)23-20-13-7-8-14-24(15-20)22(26)28-17-19-11-5-2-6-12-19/h1-12,20H,13-17H2,(H,23,25)/t20-/m0/s1. The number of rotatable bonds is 5. The molecule has 0 aliphatic carbocycles. The first-order chi connectivity index (χ1) is 13.7. The zero-order valence-corrected chi connectivity index (χ0v) is 15.6. The molecule has 0 saturated heterocycles. The van der Waals surface area contributed by atoms with E-state index in [1.807, 2.05) is 72.8 Å². The Labute approximate surface area is 164 Å². The average molecular weight is 380 g/mol. The van der Waals surface area contributed by atoms with E-state index in [2.05, 4.69) is 5.32 Å². The highest BCUT2D eigenvalue weighted by Crippen LogP contribution is 2.09. The Kier molecular flexibility index (Phi) is 7.07. The molecule has 0 bridgehead atoms. The van der Waals surface area contributed by atoms with Gasteiger partial charge in [0, 0.05) is 13.1 Å². The zero-order valence-electron chi connectivity index (χ0n) is 15.6. The summed E-state index contributed by atoms with van der Waals surface area (Å²) in [5, 5.41) is 2.83. The summed E-state index contributed by atoms with van der Waals surface area (Å²) in [7, 11) is 0. The van der Waals surface area contributed by atoms with Crippen molar-refractivity contribution in [2.75, 3.05) is 13.1 Å². The van der Waals surface area contributed by atoms with Gasteiger partial charge >= 0.3 is 12.2 Å². The van der Waals surface area contributed by atoms with Gasteiger partial charge in [-0.3, -0.25) is 0 Å². The highest BCUT2D eigenvalue weighted by molar-refractivity contribution is 5.69. The largest absolute Gasteiger partial charge is 0.445 e. The van der Waals surface area contributed by atoms with Crippen molar-refractivity contribution in [3.05, 3.63) is 83.9 Å². The van der Waals surface area contributed by atoms with E-state index in [1.165, 1.54) is 0 Å². The number of nitrogens with zero attached hydrogens (tertiary/aromatic N) is 1. The minimum Gasteiger partial charge on any atom is -0.445 e. The molecule has 2 aromatic carbocycles. The number of carbonyl (C=O) groups excluding carboxylic acids is 2. The van der Waals surface area contributed by atoms with Crippen LogP contribution in [0.3, 0.4) is 0 Å². The van der Waals surface area contributed by atoms with E-state index < -0.39 is 12.2 Å². The van der Waals surface area contributed by atoms with Crippen molar-refractivity contribution in [1.29, 1.82) is 0 Å². The van der Waals surface area contributed by atoms with Crippen molar-refractivity contribution in [2.45, 2.75) is 25.7 Å². The molecule has 1 aliphatic heterocycles.